The summed E-state index contributed by atoms with van der Waals surface area (Å²) in [6.07, 6.45) is 5.84. The summed E-state index contributed by atoms with van der Waals surface area (Å²) in [6.45, 7) is 5.73. The van der Waals surface area contributed by atoms with E-state index in [0.717, 1.165) is 62.0 Å². The third kappa shape index (κ3) is 4.62. The summed E-state index contributed by atoms with van der Waals surface area (Å²) in [5.41, 5.74) is 7.95. The van der Waals surface area contributed by atoms with Gasteiger partial charge in [0.1, 0.15) is 5.54 Å². The molecule has 0 bridgehead atoms. The van der Waals surface area contributed by atoms with Crippen LogP contribution in [0.2, 0.25) is 0 Å². The number of likely N-dealkylation sites (tertiary alicyclic amines) is 1. The molecule has 2 aliphatic rings. The molecule has 0 radical (unpaired) electrons. The number of para-hydroxylation sites is 1. The van der Waals surface area contributed by atoms with Gasteiger partial charge in [-0.05, 0) is 64.8 Å². The molecule has 2 atom stereocenters. The van der Waals surface area contributed by atoms with Crippen molar-refractivity contribution < 1.29 is 9.59 Å². The lowest BCUT2D eigenvalue weighted by atomic mass is 9.82. The zero-order valence-electron chi connectivity index (χ0n) is 18.8. The average Bonchev–Trinajstić information content (AvgIpc) is 2.70. The smallest absolute Gasteiger partial charge is 0.312 e. The molecule has 1 saturated carbocycles. The minimum absolute atomic E-state index is 0.0694. The number of rotatable bonds is 5. The van der Waals surface area contributed by atoms with E-state index in [9.17, 15) is 9.59 Å². The number of aryl methyl sites for hydroxylation is 2. The lowest BCUT2D eigenvalue weighted by Crippen LogP contribution is -2.63. The van der Waals surface area contributed by atoms with Gasteiger partial charge < -0.3 is 16.4 Å². The number of piperidine rings is 1. The zero-order valence-corrected chi connectivity index (χ0v) is 18.8. The normalized spacial score (nSPS) is 24.4. The van der Waals surface area contributed by atoms with E-state index < -0.39 is 11.6 Å². The third-order valence-electron chi connectivity index (χ3n) is 7.15. The molecule has 1 heterocycles. The van der Waals surface area contributed by atoms with Crippen LogP contribution in [0.25, 0.3) is 0 Å². The van der Waals surface area contributed by atoms with Crippen molar-refractivity contribution >= 4 is 17.6 Å². The number of carbonyl (C=O) groups excluding carboxylic acids is 2. The van der Waals surface area contributed by atoms with E-state index in [-0.39, 0.29) is 11.9 Å². The van der Waals surface area contributed by atoms with Crippen molar-refractivity contribution in [2.75, 3.05) is 32.5 Å². The van der Waals surface area contributed by atoms with Crippen molar-refractivity contribution in [1.29, 1.82) is 0 Å². The molecule has 3 amide bonds. The zero-order chi connectivity index (χ0) is 21.9. The monoisotopic (exact) mass is 415 g/mol. The van der Waals surface area contributed by atoms with Crippen LogP contribution in [-0.2, 0) is 4.79 Å². The maximum atomic E-state index is 13.5. The van der Waals surface area contributed by atoms with Crippen LogP contribution >= 0.6 is 0 Å². The Morgan fingerprint density at radius 1 is 1.10 bits per heavy atom. The summed E-state index contributed by atoms with van der Waals surface area (Å²) in [7, 11) is 4.00. The first kappa shape index (κ1) is 22.6. The fourth-order valence-electron chi connectivity index (χ4n) is 5.24. The minimum atomic E-state index is -0.535. The quantitative estimate of drug-likeness (QED) is 0.689. The van der Waals surface area contributed by atoms with E-state index in [1.54, 1.807) is 0 Å². The van der Waals surface area contributed by atoms with E-state index in [1.165, 1.54) is 6.42 Å². The lowest BCUT2D eigenvalue weighted by Gasteiger charge is -2.49. The van der Waals surface area contributed by atoms with Gasteiger partial charge in [-0.3, -0.25) is 14.6 Å². The number of hydrogen-bond acceptors (Lipinski definition) is 4. The molecular formula is C23H37N5O2. The van der Waals surface area contributed by atoms with E-state index in [1.807, 2.05) is 46.1 Å². The molecule has 7 nitrogen and oxygen atoms in total. The third-order valence-corrected chi connectivity index (χ3v) is 7.15. The van der Waals surface area contributed by atoms with Crippen molar-refractivity contribution in [3.63, 3.8) is 0 Å². The molecule has 1 aliphatic heterocycles. The summed E-state index contributed by atoms with van der Waals surface area (Å²) in [6, 6.07) is 6.03. The van der Waals surface area contributed by atoms with Crippen molar-refractivity contribution in [2.45, 2.75) is 70.0 Å². The van der Waals surface area contributed by atoms with Gasteiger partial charge in [0, 0.05) is 30.9 Å². The number of likely N-dealkylation sites (N-methyl/N-ethyl adjacent to an activating group) is 1. The Kier molecular flexibility index (Phi) is 7.03. The molecule has 2 fully saturated rings. The van der Waals surface area contributed by atoms with Gasteiger partial charge in [0.05, 0.1) is 0 Å². The van der Waals surface area contributed by atoms with Gasteiger partial charge in [-0.15, -0.1) is 0 Å². The van der Waals surface area contributed by atoms with Gasteiger partial charge in [-0.1, -0.05) is 31.0 Å². The minimum Gasteiger partial charge on any atom is -0.352 e. The van der Waals surface area contributed by atoms with Crippen LogP contribution in [0.4, 0.5) is 10.5 Å². The molecule has 3 rings (SSSR count). The van der Waals surface area contributed by atoms with Crippen LogP contribution < -0.4 is 16.4 Å². The molecule has 1 aliphatic carbocycles. The Labute approximate surface area is 180 Å². The van der Waals surface area contributed by atoms with Crippen molar-refractivity contribution in [2.24, 2.45) is 5.73 Å². The lowest BCUT2D eigenvalue weighted by molar-refractivity contribution is -0.130. The largest absolute Gasteiger partial charge is 0.352 e. The number of nitrogens with two attached hydrogens (primary N) is 1. The molecule has 166 valence electrons. The summed E-state index contributed by atoms with van der Waals surface area (Å²) < 4.78 is 0. The number of benzene rings is 1. The number of hydrogen-bond donors (Lipinski definition) is 3. The second-order valence-electron chi connectivity index (χ2n) is 9.15. The number of nitrogens with one attached hydrogen (secondary N) is 2. The molecule has 1 aromatic rings. The Balaban J connectivity index is 1.72. The maximum absolute atomic E-state index is 13.5. The van der Waals surface area contributed by atoms with E-state index in [4.69, 9.17) is 5.73 Å². The number of carbonyl (C=O) groups is 2. The fourth-order valence-corrected chi connectivity index (χ4v) is 5.24. The van der Waals surface area contributed by atoms with Gasteiger partial charge in [0.2, 0.25) is 5.91 Å². The number of nitrogens with zero attached hydrogens (tertiary/aromatic N) is 2. The molecule has 0 aromatic heterocycles. The highest BCUT2D eigenvalue weighted by atomic mass is 16.2. The van der Waals surface area contributed by atoms with Crippen molar-refractivity contribution in [1.82, 2.24) is 15.1 Å². The molecule has 1 saturated heterocycles. The van der Waals surface area contributed by atoms with Gasteiger partial charge >= 0.3 is 6.03 Å². The highest BCUT2D eigenvalue weighted by Gasteiger charge is 2.45. The van der Waals surface area contributed by atoms with Crippen LogP contribution in [0.5, 0.6) is 0 Å². The summed E-state index contributed by atoms with van der Waals surface area (Å²) in [5, 5.41) is 6.17. The summed E-state index contributed by atoms with van der Waals surface area (Å²) >= 11 is 0. The van der Waals surface area contributed by atoms with Crippen LogP contribution in [0.3, 0.4) is 0 Å². The predicted molar refractivity (Wildman–Crippen MR) is 121 cm³/mol. The first-order valence-corrected chi connectivity index (χ1v) is 11.1. The van der Waals surface area contributed by atoms with E-state index >= 15 is 0 Å². The Morgan fingerprint density at radius 3 is 2.27 bits per heavy atom. The number of amides is 3. The van der Waals surface area contributed by atoms with Crippen molar-refractivity contribution in [3.05, 3.63) is 29.3 Å². The standard InChI is InChI=1S/C23H37N5O2/c1-16-8-7-9-17(2)20(16)26-21(29)23(27(3)4)12-14-28(15-13-23)19-11-6-5-10-18(19)25-22(24)30/h7-9,18-19H,5-6,10-15H2,1-4H3,(H,26,29)(H3,24,25,30). The number of primary amides is 1. The molecule has 1 aromatic carbocycles. The molecule has 0 spiro atoms. The Morgan fingerprint density at radius 2 is 1.70 bits per heavy atom. The highest BCUT2D eigenvalue weighted by Crippen LogP contribution is 2.33. The van der Waals surface area contributed by atoms with Crippen LogP contribution in [0.15, 0.2) is 18.2 Å². The highest BCUT2D eigenvalue weighted by molar-refractivity contribution is 5.99. The van der Waals surface area contributed by atoms with Gasteiger partial charge in [0.25, 0.3) is 0 Å². The second kappa shape index (κ2) is 9.35. The average molecular weight is 416 g/mol. The SMILES string of the molecule is Cc1cccc(C)c1NC(=O)C1(N(C)C)CCN(C2CCCCC2NC(N)=O)CC1. The second-order valence-corrected chi connectivity index (χ2v) is 9.15. The first-order valence-electron chi connectivity index (χ1n) is 11.1. The maximum Gasteiger partial charge on any atom is 0.312 e. The van der Waals surface area contributed by atoms with Crippen LogP contribution in [0.1, 0.15) is 49.7 Å². The van der Waals surface area contributed by atoms with Crippen molar-refractivity contribution in [3.8, 4) is 0 Å². The molecule has 30 heavy (non-hydrogen) atoms. The van der Waals surface area contributed by atoms with Crippen LogP contribution in [0, 0.1) is 13.8 Å². The Bertz CT molecular complexity index is 751. The van der Waals surface area contributed by atoms with Crippen LogP contribution in [-0.4, -0.2) is 66.5 Å². The predicted octanol–water partition coefficient (Wildman–Crippen LogP) is 2.62. The molecule has 4 N–H and O–H groups in total. The fraction of sp³-hybridized carbons (Fsp3) is 0.652. The molecular weight excluding hydrogens is 378 g/mol. The van der Waals surface area contributed by atoms with Gasteiger partial charge in [0.15, 0.2) is 0 Å². The molecule has 7 heteroatoms. The summed E-state index contributed by atoms with van der Waals surface area (Å²) in [4.78, 5) is 29.5. The van der Waals surface area contributed by atoms with E-state index in [2.05, 4.69) is 20.4 Å². The molecule has 2 unspecified atom stereocenters. The first-order chi connectivity index (χ1) is 14.2. The number of anilines is 1. The van der Waals surface area contributed by atoms with Gasteiger partial charge in [-0.2, -0.15) is 0 Å². The van der Waals surface area contributed by atoms with E-state index in [0.29, 0.717) is 6.04 Å². The number of urea groups is 1. The topological polar surface area (TPSA) is 90.7 Å². The Hall–Kier alpha value is -2.12. The van der Waals surface area contributed by atoms with Gasteiger partial charge in [-0.25, -0.2) is 4.79 Å². The summed E-state index contributed by atoms with van der Waals surface area (Å²) in [5.74, 6) is 0.0694.